The average molecular weight is 457 g/mol. The van der Waals surface area contributed by atoms with Gasteiger partial charge in [-0.15, -0.1) is 0 Å². The Morgan fingerprint density at radius 2 is 2.03 bits per heavy atom. The van der Waals surface area contributed by atoms with E-state index in [9.17, 15) is 14.4 Å². The molecule has 0 radical (unpaired) electrons. The highest BCUT2D eigenvalue weighted by molar-refractivity contribution is 6.10. The summed E-state index contributed by atoms with van der Waals surface area (Å²) in [5.41, 5.74) is 1.38. The number of imide groups is 1. The molecule has 1 fully saturated rings. The van der Waals surface area contributed by atoms with Gasteiger partial charge in [-0.05, 0) is 42.0 Å². The summed E-state index contributed by atoms with van der Waals surface area (Å²) >= 11 is 0. The molecule has 170 valence electrons. The van der Waals surface area contributed by atoms with Crippen molar-refractivity contribution < 1.29 is 23.5 Å². The van der Waals surface area contributed by atoms with E-state index in [4.69, 9.17) is 9.15 Å². The van der Waals surface area contributed by atoms with E-state index in [1.54, 1.807) is 40.2 Å². The third-order valence-electron chi connectivity index (χ3n) is 6.46. The van der Waals surface area contributed by atoms with Crippen molar-refractivity contribution in [2.45, 2.75) is 18.4 Å². The number of hydrogen-bond acceptors (Lipinski definition) is 7. The zero-order chi connectivity index (χ0) is 23.4. The molecule has 10 heteroatoms. The van der Waals surface area contributed by atoms with Crippen molar-refractivity contribution in [2.24, 2.45) is 0 Å². The van der Waals surface area contributed by atoms with Crippen molar-refractivity contribution in [3.63, 3.8) is 0 Å². The molecule has 2 aromatic heterocycles. The Bertz CT molecular complexity index is 1470. The molecule has 0 bridgehead atoms. The van der Waals surface area contributed by atoms with Crippen LogP contribution in [0.15, 0.2) is 59.5 Å². The lowest BCUT2D eigenvalue weighted by atomic mass is 9.82. The molecular weight excluding hydrogens is 438 g/mol. The van der Waals surface area contributed by atoms with Gasteiger partial charge in [-0.25, -0.2) is 9.67 Å². The topological polar surface area (TPSA) is 120 Å². The summed E-state index contributed by atoms with van der Waals surface area (Å²) in [5.74, 6) is -0.181. The number of nitrogens with zero attached hydrogens (tertiary/aromatic N) is 4. The van der Waals surface area contributed by atoms with E-state index in [0.29, 0.717) is 29.2 Å². The van der Waals surface area contributed by atoms with Crippen LogP contribution >= 0.6 is 0 Å². The maximum atomic E-state index is 13.2. The summed E-state index contributed by atoms with van der Waals surface area (Å²) in [4.78, 5) is 44.2. The summed E-state index contributed by atoms with van der Waals surface area (Å²) in [6, 6.07) is 12.5. The maximum absolute atomic E-state index is 13.2. The Morgan fingerprint density at radius 1 is 1.15 bits per heavy atom. The third kappa shape index (κ3) is 2.99. The largest absolute Gasteiger partial charge is 0.497 e. The molecule has 1 atom stereocenters. The number of aromatic nitrogens is 3. The molecule has 0 spiro atoms. The normalized spacial score (nSPS) is 19.7. The molecule has 34 heavy (non-hydrogen) atoms. The van der Waals surface area contributed by atoms with Gasteiger partial charge in [0.15, 0.2) is 0 Å². The van der Waals surface area contributed by atoms with Gasteiger partial charge < -0.3 is 14.1 Å². The van der Waals surface area contributed by atoms with Crippen molar-refractivity contribution in [2.75, 3.05) is 13.7 Å². The molecule has 0 unspecified atom stereocenters. The predicted molar refractivity (Wildman–Crippen MR) is 118 cm³/mol. The molecule has 4 heterocycles. The number of amides is 3. The summed E-state index contributed by atoms with van der Waals surface area (Å²) in [5, 5.41) is 7.28. The first kappa shape index (κ1) is 20.2. The van der Waals surface area contributed by atoms with E-state index < -0.39 is 17.2 Å². The average Bonchev–Trinajstić information content (AvgIpc) is 3.61. The van der Waals surface area contributed by atoms with Gasteiger partial charge in [-0.1, -0.05) is 6.07 Å². The number of benzene rings is 2. The highest BCUT2D eigenvalue weighted by Gasteiger charge is 2.53. The van der Waals surface area contributed by atoms with Crippen molar-refractivity contribution in [1.82, 2.24) is 25.0 Å². The monoisotopic (exact) mass is 457 g/mol. The Kier molecular flexibility index (Phi) is 4.31. The highest BCUT2D eigenvalue weighted by Crippen LogP contribution is 2.39. The Labute approximate surface area is 193 Å². The molecule has 3 amide bonds. The molecule has 2 aliphatic heterocycles. The zero-order valence-corrected chi connectivity index (χ0v) is 18.1. The highest BCUT2D eigenvalue weighted by atomic mass is 16.5. The van der Waals surface area contributed by atoms with Gasteiger partial charge in [0.05, 0.1) is 19.2 Å². The number of nitrogens with one attached hydrogen (secondary N) is 1. The zero-order valence-electron chi connectivity index (χ0n) is 18.1. The second kappa shape index (κ2) is 7.27. The number of fused-ring (bicyclic) bond motifs is 2. The molecule has 6 rings (SSSR count). The predicted octanol–water partition coefficient (Wildman–Crippen LogP) is 1.96. The molecular formula is C24H19N5O5. The lowest BCUT2D eigenvalue weighted by Crippen LogP contribution is -2.46. The molecule has 2 aliphatic rings. The number of methoxy groups -OCH3 is 1. The van der Waals surface area contributed by atoms with Crippen LogP contribution in [-0.4, -0.2) is 51.0 Å². The van der Waals surface area contributed by atoms with Crippen LogP contribution in [0.3, 0.4) is 0 Å². The molecule has 1 saturated heterocycles. The summed E-state index contributed by atoms with van der Waals surface area (Å²) in [7, 11) is 1.54. The van der Waals surface area contributed by atoms with E-state index >= 15 is 0 Å². The van der Waals surface area contributed by atoms with Crippen LogP contribution in [0.25, 0.3) is 16.7 Å². The summed E-state index contributed by atoms with van der Waals surface area (Å²) < 4.78 is 12.9. The number of carbonyl (C=O) groups excluding carboxylic acids is 3. The van der Waals surface area contributed by atoms with E-state index in [1.165, 1.54) is 13.4 Å². The fraction of sp³-hybridized carbons (Fsp3) is 0.208. The summed E-state index contributed by atoms with van der Waals surface area (Å²) in [6.45, 7) is 0.341. The minimum Gasteiger partial charge on any atom is -0.497 e. The molecule has 4 aromatic rings. The standard InChI is InChI=1S/C24H19N5O5/c1-33-17-4-2-14-10-28(22(31)18(14)8-17)11-24(9-21(30)27-23(24)32)20-7-15-6-16(3-5-19(15)34-20)29-13-25-12-26-29/h2-8,12-13H,9-11H2,1H3,(H,27,30,32)/t24-/m1/s1. The molecule has 0 aliphatic carbocycles. The number of ether oxygens (including phenoxy) is 1. The van der Waals surface area contributed by atoms with Crippen LogP contribution in [0.1, 0.15) is 28.1 Å². The smallest absolute Gasteiger partial charge is 0.254 e. The maximum Gasteiger partial charge on any atom is 0.254 e. The number of carbonyl (C=O) groups is 3. The first-order chi connectivity index (χ1) is 16.5. The van der Waals surface area contributed by atoms with Crippen molar-refractivity contribution >= 4 is 28.7 Å². The van der Waals surface area contributed by atoms with Gasteiger partial charge in [0.1, 0.15) is 35.2 Å². The van der Waals surface area contributed by atoms with Crippen molar-refractivity contribution in [1.29, 1.82) is 0 Å². The van der Waals surface area contributed by atoms with Gasteiger partial charge in [0.2, 0.25) is 11.8 Å². The van der Waals surface area contributed by atoms with Crippen LogP contribution < -0.4 is 10.1 Å². The van der Waals surface area contributed by atoms with Gasteiger partial charge in [-0.3, -0.25) is 19.7 Å². The second-order valence-electron chi connectivity index (χ2n) is 8.49. The van der Waals surface area contributed by atoms with Crippen molar-refractivity contribution in [3.05, 3.63) is 72.0 Å². The van der Waals surface area contributed by atoms with Gasteiger partial charge in [0, 0.05) is 24.0 Å². The number of hydrogen-bond donors (Lipinski definition) is 1. The van der Waals surface area contributed by atoms with Crippen LogP contribution in [0.5, 0.6) is 5.75 Å². The van der Waals surface area contributed by atoms with E-state index in [1.807, 2.05) is 18.2 Å². The van der Waals surface area contributed by atoms with Crippen molar-refractivity contribution in [3.8, 4) is 11.4 Å². The van der Waals surface area contributed by atoms with Gasteiger partial charge in [0.25, 0.3) is 5.91 Å². The molecule has 0 saturated carbocycles. The Balaban J connectivity index is 1.39. The number of rotatable bonds is 5. The molecule has 2 aromatic carbocycles. The summed E-state index contributed by atoms with van der Waals surface area (Å²) in [6.07, 6.45) is 2.92. The van der Waals surface area contributed by atoms with E-state index in [0.717, 1.165) is 16.6 Å². The van der Waals surface area contributed by atoms with E-state index in [2.05, 4.69) is 15.4 Å². The van der Waals surface area contributed by atoms with Gasteiger partial charge in [-0.2, -0.15) is 5.10 Å². The fourth-order valence-corrected chi connectivity index (χ4v) is 4.72. The lowest BCUT2D eigenvalue weighted by Gasteiger charge is -2.28. The fourth-order valence-electron chi connectivity index (χ4n) is 4.72. The van der Waals surface area contributed by atoms with Crippen LogP contribution in [0.2, 0.25) is 0 Å². The second-order valence-corrected chi connectivity index (χ2v) is 8.49. The van der Waals surface area contributed by atoms with Crippen LogP contribution in [0.4, 0.5) is 0 Å². The van der Waals surface area contributed by atoms with Crippen LogP contribution in [-0.2, 0) is 21.5 Å². The quantitative estimate of drug-likeness (QED) is 0.455. The third-order valence-corrected chi connectivity index (χ3v) is 6.46. The Hall–Kier alpha value is -4.47. The SMILES string of the molecule is COc1ccc2c(c1)C(=O)N(C[C@@]1(c3cc4cc(-n5cncn5)ccc4o3)CC(=O)NC1=O)C2. The van der Waals surface area contributed by atoms with Crippen LogP contribution in [0, 0.1) is 0 Å². The first-order valence-electron chi connectivity index (χ1n) is 10.7. The lowest BCUT2D eigenvalue weighted by molar-refractivity contribution is -0.127. The minimum absolute atomic E-state index is 0.0101. The molecule has 10 nitrogen and oxygen atoms in total. The Morgan fingerprint density at radius 3 is 2.76 bits per heavy atom. The van der Waals surface area contributed by atoms with E-state index in [-0.39, 0.29) is 18.9 Å². The molecule has 1 N–H and O–H groups in total. The van der Waals surface area contributed by atoms with Gasteiger partial charge >= 0.3 is 0 Å². The minimum atomic E-state index is -1.33. The first-order valence-corrected chi connectivity index (χ1v) is 10.7. The number of furan rings is 1.